The third-order valence-electron chi connectivity index (χ3n) is 3.66. The van der Waals surface area contributed by atoms with E-state index in [1.165, 1.54) is 0 Å². The zero-order valence-corrected chi connectivity index (χ0v) is 12.1. The minimum atomic E-state index is -4.28. The van der Waals surface area contributed by atoms with Crippen LogP contribution in [-0.2, 0) is 10.0 Å². The largest absolute Gasteiger partial charge is 0.391 e. The highest BCUT2D eigenvalue weighted by molar-refractivity contribution is 7.89. The third kappa shape index (κ3) is 4.16. The molecule has 124 valence electrons. The molecule has 1 aromatic rings. The monoisotopic (exact) mass is 343 g/mol. The lowest BCUT2D eigenvalue weighted by molar-refractivity contribution is -0.182. The molecule has 0 radical (unpaired) electrons. The van der Waals surface area contributed by atoms with Crippen molar-refractivity contribution >= 4 is 10.0 Å². The van der Waals surface area contributed by atoms with Crippen LogP contribution < -0.4 is 4.72 Å². The molecule has 22 heavy (non-hydrogen) atoms. The van der Waals surface area contributed by atoms with Gasteiger partial charge in [-0.2, -0.15) is 13.2 Å². The zero-order valence-electron chi connectivity index (χ0n) is 11.3. The van der Waals surface area contributed by atoms with Crippen LogP contribution in [0.15, 0.2) is 23.1 Å². The van der Waals surface area contributed by atoms with Crippen LogP contribution >= 0.6 is 0 Å². The van der Waals surface area contributed by atoms with Gasteiger partial charge in [-0.05, 0) is 37.8 Å². The van der Waals surface area contributed by atoms with Gasteiger partial charge in [0.15, 0.2) is 0 Å². The maximum Gasteiger partial charge on any atom is 0.391 e. The molecule has 0 aliphatic heterocycles. The van der Waals surface area contributed by atoms with E-state index in [1.807, 2.05) is 0 Å². The van der Waals surface area contributed by atoms with E-state index in [0.29, 0.717) is 18.2 Å². The Bertz CT molecular complexity index is 616. The number of nitrogens with one attached hydrogen (secondary N) is 1. The van der Waals surface area contributed by atoms with E-state index in [9.17, 15) is 30.4 Å². The number of benzene rings is 1. The summed E-state index contributed by atoms with van der Waals surface area (Å²) in [5.41, 5.74) is 0. The van der Waals surface area contributed by atoms with Gasteiger partial charge in [0.05, 0.1) is 10.8 Å². The van der Waals surface area contributed by atoms with E-state index in [-0.39, 0.29) is 25.7 Å². The second-order valence-electron chi connectivity index (χ2n) is 5.32. The highest BCUT2D eigenvalue weighted by atomic mass is 32.2. The Morgan fingerprint density at radius 2 is 1.45 bits per heavy atom. The molecule has 1 fully saturated rings. The molecule has 9 heteroatoms. The molecule has 0 amide bonds. The summed E-state index contributed by atoms with van der Waals surface area (Å²) >= 11 is 0. The first-order valence-electron chi connectivity index (χ1n) is 6.63. The van der Waals surface area contributed by atoms with Crippen molar-refractivity contribution < 1.29 is 30.4 Å². The summed E-state index contributed by atoms with van der Waals surface area (Å²) in [7, 11) is -4.17. The minimum Gasteiger partial charge on any atom is -0.208 e. The second-order valence-corrected chi connectivity index (χ2v) is 7.03. The lowest BCUT2D eigenvalue weighted by Crippen LogP contribution is -2.40. The first-order valence-corrected chi connectivity index (χ1v) is 8.11. The van der Waals surface area contributed by atoms with Gasteiger partial charge in [-0.25, -0.2) is 21.9 Å². The van der Waals surface area contributed by atoms with Crippen molar-refractivity contribution in [1.82, 2.24) is 4.72 Å². The van der Waals surface area contributed by atoms with Gasteiger partial charge in [0, 0.05) is 12.1 Å². The smallest absolute Gasteiger partial charge is 0.208 e. The van der Waals surface area contributed by atoms with Crippen LogP contribution in [0.25, 0.3) is 0 Å². The Kier molecular flexibility index (Phi) is 4.76. The number of hydrogen-bond donors (Lipinski definition) is 1. The average molecular weight is 343 g/mol. The van der Waals surface area contributed by atoms with Gasteiger partial charge in [-0.3, -0.25) is 0 Å². The fraction of sp³-hybridized carbons (Fsp3) is 0.538. The van der Waals surface area contributed by atoms with Gasteiger partial charge in [0.2, 0.25) is 10.0 Å². The highest BCUT2D eigenvalue weighted by Crippen LogP contribution is 2.37. The van der Waals surface area contributed by atoms with Crippen molar-refractivity contribution in [3.8, 4) is 0 Å². The third-order valence-corrected chi connectivity index (χ3v) is 5.16. The Morgan fingerprint density at radius 3 is 1.91 bits per heavy atom. The standard InChI is InChI=1S/C13H14F5NO2S/c14-9-5-10(15)7-12(6-9)22(20,21)19-11-3-1-8(2-4-11)13(16,17)18/h5-8,11,19H,1-4H2. The summed E-state index contributed by atoms with van der Waals surface area (Å²) in [4.78, 5) is -0.581. The number of sulfonamides is 1. The van der Waals surface area contributed by atoms with Gasteiger partial charge >= 0.3 is 6.18 Å². The number of rotatable bonds is 3. The quantitative estimate of drug-likeness (QED) is 0.856. The molecule has 3 nitrogen and oxygen atoms in total. The molecule has 0 aromatic heterocycles. The fourth-order valence-electron chi connectivity index (χ4n) is 2.51. The number of halogens is 5. The van der Waals surface area contributed by atoms with Crippen LogP contribution in [0.2, 0.25) is 0 Å². The second kappa shape index (κ2) is 6.11. The highest BCUT2D eigenvalue weighted by Gasteiger charge is 2.41. The molecule has 1 N–H and O–H groups in total. The predicted molar refractivity (Wildman–Crippen MR) is 68.5 cm³/mol. The van der Waals surface area contributed by atoms with Gasteiger partial charge < -0.3 is 0 Å². The van der Waals surface area contributed by atoms with Crippen LogP contribution in [0.3, 0.4) is 0 Å². The fourth-order valence-corrected chi connectivity index (χ4v) is 3.86. The molecule has 1 aromatic carbocycles. The van der Waals surface area contributed by atoms with Crippen LogP contribution in [0.1, 0.15) is 25.7 Å². The zero-order chi connectivity index (χ0) is 16.5. The van der Waals surface area contributed by atoms with E-state index in [2.05, 4.69) is 4.72 Å². The SMILES string of the molecule is O=S(=O)(NC1CCC(C(F)(F)F)CC1)c1cc(F)cc(F)c1. The molecule has 0 spiro atoms. The Hall–Kier alpha value is -1.22. The summed E-state index contributed by atoms with van der Waals surface area (Å²) in [5.74, 6) is -3.51. The predicted octanol–water partition coefficient (Wildman–Crippen LogP) is 3.36. The normalized spacial score (nSPS) is 23.5. The summed E-state index contributed by atoms with van der Waals surface area (Å²) in [6.07, 6.45) is -4.57. The van der Waals surface area contributed by atoms with E-state index >= 15 is 0 Å². The molecule has 0 atom stereocenters. The Balaban J connectivity index is 2.05. The molecular weight excluding hydrogens is 329 g/mol. The van der Waals surface area contributed by atoms with Crippen molar-refractivity contribution in [3.63, 3.8) is 0 Å². The lowest BCUT2D eigenvalue weighted by Gasteiger charge is -2.30. The molecule has 1 saturated carbocycles. The number of hydrogen-bond acceptors (Lipinski definition) is 2. The first-order chi connectivity index (χ1) is 10.1. The van der Waals surface area contributed by atoms with Crippen molar-refractivity contribution in [2.24, 2.45) is 5.92 Å². The van der Waals surface area contributed by atoms with Gasteiger partial charge in [0.1, 0.15) is 11.6 Å². The van der Waals surface area contributed by atoms with Crippen molar-refractivity contribution in [2.45, 2.75) is 42.8 Å². The molecule has 1 aliphatic carbocycles. The maximum atomic E-state index is 13.1. The summed E-state index contributed by atoms with van der Waals surface area (Å²) in [6.45, 7) is 0. The van der Waals surface area contributed by atoms with Crippen molar-refractivity contribution in [3.05, 3.63) is 29.8 Å². The van der Waals surface area contributed by atoms with Crippen LogP contribution in [0.4, 0.5) is 22.0 Å². The Morgan fingerprint density at radius 1 is 0.955 bits per heavy atom. The minimum absolute atomic E-state index is 0.0290. The van der Waals surface area contributed by atoms with Gasteiger partial charge in [-0.1, -0.05) is 0 Å². The molecule has 0 unspecified atom stereocenters. The van der Waals surface area contributed by atoms with E-state index < -0.39 is 44.7 Å². The summed E-state index contributed by atoms with van der Waals surface area (Å²) in [6, 6.07) is 1.18. The van der Waals surface area contributed by atoms with Crippen molar-refractivity contribution in [1.29, 1.82) is 0 Å². The first kappa shape index (κ1) is 17.1. The van der Waals surface area contributed by atoms with Crippen molar-refractivity contribution in [2.75, 3.05) is 0 Å². The molecule has 0 bridgehead atoms. The molecule has 2 rings (SSSR count). The van der Waals surface area contributed by atoms with E-state index in [4.69, 9.17) is 0 Å². The Labute approximate surface area is 124 Å². The molecule has 0 heterocycles. The summed E-state index contributed by atoms with van der Waals surface area (Å²) in [5, 5.41) is 0. The molecule has 0 saturated heterocycles. The summed E-state index contributed by atoms with van der Waals surface area (Å²) < 4.78 is 90.0. The van der Waals surface area contributed by atoms with E-state index in [1.54, 1.807) is 0 Å². The van der Waals surface area contributed by atoms with Crippen LogP contribution in [0.5, 0.6) is 0 Å². The van der Waals surface area contributed by atoms with Crippen LogP contribution in [0, 0.1) is 17.6 Å². The topological polar surface area (TPSA) is 46.2 Å². The van der Waals surface area contributed by atoms with E-state index in [0.717, 1.165) is 0 Å². The van der Waals surface area contributed by atoms with Gasteiger partial charge in [0.25, 0.3) is 0 Å². The maximum absolute atomic E-state index is 13.1. The molecular formula is C13H14F5NO2S. The lowest BCUT2D eigenvalue weighted by atomic mass is 9.86. The average Bonchev–Trinajstić information content (AvgIpc) is 2.36. The number of alkyl halides is 3. The van der Waals surface area contributed by atoms with Crippen LogP contribution in [-0.4, -0.2) is 20.6 Å². The molecule has 1 aliphatic rings. The van der Waals surface area contributed by atoms with Gasteiger partial charge in [-0.15, -0.1) is 0 Å².